The second kappa shape index (κ2) is 6.78. The second-order valence-corrected chi connectivity index (χ2v) is 6.46. The van der Waals surface area contributed by atoms with Crippen molar-refractivity contribution in [3.8, 4) is 11.3 Å². The first kappa shape index (κ1) is 17.1. The maximum atomic E-state index is 12.5. The molecule has 4 aromatic rings. The average Bonchev–Trinajstić information content (AvgIpc) is 3.11. The van der Waals surface area contributed by atoms with Crippen molar-refractivity contribution in [2.24, 2.45) is 0 Å². The Balaban J connectivity index is 1.60. The lowest BCUT2D eigenvalue weighted by Gasteiger charge is -2.06. The van der Waals surface area contributed by atoms with Crippen LogP contribution in [0.15, 0.2) is 74.3 Å². The number of furan rings is 1. The molecule has 0 saturated carbocycles. The zero-order chi connectivity index (χ0) is 19.0. The van der Waals surface area contributed by atoms with Crippen molar-refractivity contribution in [3.63, 3.8) is 0 Å². The van der Waals surface area contributed by atoms with Gasteiger partial charge in [0.2, 0.25) is 0 Å². The smallest absolute Gasteiger partial charge is 0.336 e. The third kappa shape index (κ3) is 3.37. The zero-order valence-electron chi connectivity index (χ0n) is 14.3. The molecule has 4 rings (SSSR count). The number of carbonyl (C=O) groups excluding carboxylic acids is 1. The van der Waals surface area contributed by atoms with E-state index in [0.717, 1.165) is 10.9 Å². The quantitative estimate of drug-likeness (QED) is 0.492. The van der Waals surface area contributed by atoms with Crippen LogP contribution >= 0.6 is 11.6 Å². The van der Waals surface area contributed by atoms with Gasteiger partial charge in [0.1, 0.15) is 11.3 Å². The van der Waals surface area contributed by atoms with Crippen LogP contribution in [0.25, 0.3) is 22.3 Å². The highest BCUT2D eigenvalue weighted by molar-refractivity contribution is 6.33. The van der Waals surface area contributed by atoms with E-state index in [9.17, 15) is 9.59 Å². The number of rotatable bonds is 3. The SMILES string of the molecule is Cc1cc(=O)oc2cc(NC(=O)c3ccc(-c4ccccc4Cl)o3)ccc12. The van der Waals surface area contributed by atoms with Crippen LogP contribution in [0.3, 0.4) is 0 Å². The molecule has 27 heavy (non-hydrogen) atoms. The van der Waals surface area contributed by atoms with Gasteiger partial charge in [0.25, 0.3) is 5.91 Å². The van der Waals surface area contributed by atoms with Gasteiger partial charge < -0.3 is 14.2 Å². The van der Waals surface area contributed by atoms with Crippen LogP contribution in [0.1, 0.15) is 16.1 Å². The van der Waals surface area contributed by atoms with Gasteiger partial charge in [0.05, 0.1) is 5.02 Å². The van der Waals surface area contributed by atoms with E-state index < -0.39 is 11.5 Å². The number of nitrogens with one attached hydrogen (secondary N) is 1. The molecule has 0 radical (unpaired) electrons. The Kier molecular flexibility index (Phi) is 4.30. The summed E-state index contributed by atoms with van der Waals surface area (Å²) in [5.74, 6) is 0.240. The van der Waals surface area contributed by atoms with Crippen LogP contribution in [-0.2, 0) is 0 Å². The number of benzene rings is 2. The van der Waals surface area contributed by atoms with Gasteiger partial charge in [-0.3, -0.25) is 4.79 Å². The molecule has 1 N–H and O–H groups in total. The molecule has 0 bridgehead atoms. The van der Waals surface area contributed by atoms with Gasteiger partial charge in [-0.2, -0.15) is 0 Å². The molecule has 0 aliphatic carbocycles. The van der Waals surface area contributed by atoms with Crippen LogP contribution in [0.2, 0.25) is 5.02 Å². The lowest BCUT2D eigenvalue weighted by atomic mass is 10.1. The molecule has 2 aromatic heterocycles. The Morgan fingerprint density at radius 3 is 2.63 bits per heavy atom. The van der Waals surface area contributed by atoms with Gasteiger partial charge in [-0.25, -0.2) is 4.79 Å². The molecule has 2 heterocycles. The lowest BCUT2D eigenvalue weighted by Crippen LogP contribution is -2.10. The van der Waals surface area contributed by atoms with Gasteiger partial charge in [-0.05, 0) is 48.9 Å². The van der Waals surface area contributed by atoms with Gasteiger partial charge in [0, 0.05) is 28.8 Å². The number of amides is 1. The summed E-state index contributed by atoms with van der Waals surface area (Å²) in [5.41, 5.74) is 2.00. The minimum atomic E-state index is -0.432. The number of aryl methyl sites for hydroxylation is 1. The first-order valence-corrected chi connectivity index (χ1v) is 8.60. The minimum Gasteiger partial charge on any atom is -0.451 e. The normalized spacial score (nSPS) is 10.9. The van der Waals surface area contributed by atoms with E-state index in [4.69, 9.17) is 20.4 Å². The van der Waals surface area contributed by atoms with E-state index in [1.54, 1.807) is 36.4 Å². The standard InChI is InChI=1S/C21H14ClNO4/c1-12-10-20(24)27-19-11-13(6-7-14(12)19)23-21(25)18-9-8-17(26-18)15-4-2-3-5-16(15)22/h2-11H,1H3,(H,23,25). The monoisotopic (exact) mass is 379 g/mol. The fraction of sp³-hybridized carbons (Fsp3) is 0.0476. The largest absolute Gasteiger partial charge is 0.451 e. The fourth-order valence-corrected chi connectivity index (χ4v) is 3.09. The van der Waals surface area contributed by atoms with E-state index in [-0.39, 0.29) is 5.76 Å². The highest BCUT2D eigenvalue weighted by Crippen LogP contribution is 2.29. The Morgan fingerprint density at radius 1 is 1.00 bits per heavy atom. The maximum Gasteiger partial charge on any atom is 0.336 e. The Bertz CT molecular complexity index is 1220. The maximum absolute atomic E-state index is 12.5. The van der Waals surface area contributed by atoms with Gasteiger partial charge in [0.15, 0.2) is 5.76 Å². The lowest BCUT2D eigenvalue weighted by molar-refractivity contribution is 0.0997. The molecule has 0 aliphatic rings. The summed E-state index contributed by atoms with van der Waals surface area (Å²) in [4.78, 5) is 24.0. The first-order chi connectivity index (χ1) is 13.0. The summed E-state index contributed by atoms with van der Waals surface area (Å²) >= 11 is 6.16. The fourth-order valence-electron chi connectivity index (χ4n) is 2.86. The highest BCUT2D eigenvalue weighted by atomic mass is 35.5. The van der Waals surface area contributed by atoms with Crippen molar-refractivity contribution in [1.82, 2.24) is 0 Å². The predicted molar refractivity (Wildman–Crippen MR) is 104 cm³/mol. The van der Waals surface area contributed by atoms with Crippen LogP contribution < -0.4 is 10.9 Å². The van der Waals surface area contributed by atoms with E-state index in [1.807, 2.05) is 25.1 Å². The summed E-state index contributed by atoms with van der Waals surface area (Å²) in [6.45, 7) is 1.83. The summed E-state index contributed by atoms with van der Waals surface area (Å²) in [6, 6.07) is 17.1. The Hall–Kier alpha value is -3.31. The summed E-state index contributed by atoms with van der Waals surface area (Å²) < 4.78 is 10.8. The number of carbonyl (C=O) groups is 1. The molecular weight excluding hydrogens is 366 g/mol. The predicted octanol–water partition coefficient (Wildman–Crippen LogP) is 5.27. The molecule has 0 atom stereocenters. The second-order valence-electron chi connectivity index (χ2n) is 6.06. The Morgan fingerprint density at radius 2 is 1.81 bits per heavy atom. The van der Waals surface area contributed by atoms with E-state index in [0.29, 0.717) is 27.6 Å². The number of halogens is 1. The molecule has 0 unspecified atom stereocenters. The van der Waals surface area contributed by atoms with Crippen molar-refractivity contribution in [2.75, 3.05) is 5.32 Å². The van der Waals surface area contributed by atoms with Crippen molar-refractivity contribution in [3.05, 3.63) is 87.4 Å². The highest BCUT2D eigenvalue weighted by Gasteiger charge is 2.14. The van der Waals surface area contributed by atoms with Crippen molar-refractivity contribution in [1.29, 1.82) is 0 Å². The molecular formula is C21H14ClNO4. The minimum absolute atomic E-state index is 0.149. The molecule has 134 valence electrons. The van der Waals surface area contributed by atoms with Crippen LogP contribution in [0.5, 0.6) is 0 Å². The van der Waals surface area contributed by atoms with Gasteiger partial charge in [-0.1, -0.05) is 23.7 Å². The zero-order valence-corrected chi connectivity index (χ0v) is 15.0. The number of hydrogen-bond donors (Lipinski definition) is 1. The van der Waals surface area contributed by atoms with Crippen molar-refractivity contribution < 1.29 is 13.6 Å². The molecule has 0 saturated heterocycles. The number of anilines is 1. The molecule has 2 aromatic carbocycles. The first-order valence-electron chi connectivity index (χ1n) is 8.22. The molecule has 0 fully saturated rings. The van der Waals surface area contributed by atoms with Gasteiger partial charge in [-0.15, -0.1) is 0 Å². The summed E-state index contributed by atoms with van der Waals surface area (Å²) in [6.07, 6.45) is 0. The van der Waals surface area contributed by atoms with E-state index >= 15 is 0 Å². The topological polar surface area (TPSA) is 72.5 Å². The van der Waals surface area contributed by atoms with Crippen LogP contribution in [-0.4, -0.2) is 5.91 Å². The summed E-state index contributed by atoms with van der Waals surface area (Å²) in [5, 5.41) is 4.09. The average molecular weight is 380 g/mol. The van der Waals surface area contributed by atoms with Gasteiger partial charge >= 0.3 is 5.63 Å². The van der Waals surface area contributed by atoms with Crippen LogP contribution in [0, 0.1) is 6.92 Å². The van der Waals surface area contributed by atoms with Crippen molar-refractivity contribution >= 4 is 34.2 Å². The molecule has 1 amide bonds. The molecule has 5 nitrogen and oxygen atoms in total. The third-order valence-corrected chi connectivity index (χ3v) is 4.51. The van der Waals surface area contributed by atoms with Crippen molar-refractivity contribution in [2.45, 2.75) is 6.92 Å². The van der Waals surface area contributed by atoms with E-state index in [1.165, 1.54) is 6.07 Å². The van der Waals surface area contributed by atoms with Crippen LogP contribution in [0.4, 0.5) is 5.69 Å². The number of hydrogen-bond acceptors (Lipinski definition) is 4. The number of fused-ring (bicyclic) bond motifs is 1. The Labute approximate surface area is 159 Å². The molecule has 0 spiro atoms. The summed E-state index contributed by atoms with van der Waals surface area (Å²) in [7, 11) is 0. The van der Waals surface area contributed by atoms with E-state index in [2.05, 4.69) is 5.32 Å². The molecule has 0 aliphatic heterocycles. The third-order valence-electron chi connectivity index (χ3n) is 4.18. The molecule has 6 heteroatoms.